The Morgan fingerprint density at radius 1 is 1.35 bits per heavy atom. The fourth-order valence-corrected chi connectivity index (χ4v) is 1.90. The number of phenolic OH excluding ortho intramolecular Hbond substituents is 1. The number of hydrogen-bond acceptors (Lipinski definition) is 3. The highest BCUT2D eigenvalue weighted by molar-refractivity contribution is 7.32. The lowest BCUT2D eigenvalue weighted by Crippen LogP contribution is -2.12. The summed E-state index contributed by atoms with van der Waals surface area (Å²) in [6.07, 6.45) is 0. The number of aromatic hydroxyl groups is 1. The van der Waals surface area contributed by atoms with Crippen molar-refractivity contribution in [3.8, 4) is 5.75 Å². The lowest BCUT2D eigenvalue weighted by Gasteiger charge is -2.22. The van der Waals surface area contributed by atoms with E-state index in [0.29, 0.717) is 0 Å². The Labute approximate surface area is 102 Å². The third-order valence-corrected chi connectivity index (χ3v) is 2.86. The summed E-state index contributed by atoms with van der Waals surface area (Å²) >= 11 is 0. The molecular weight excluding hydrogens is 239 g/mol. The summed E-state index contributed by atoms with van der Waals surface area (Å²) in [5, 5.41) is 9.99. The van der Waals surface area contributed by atoms with Gasteiger partial charge in [0, 0.05) is 4.57 Å². The molecule has 0 aromatic heterocycles. The predicted octanol–water partition coefficient (Wildman–Crippen LogP) is 3.16. The van der Waals surface area contributed by atoms with E-state index >= 15 is 0 Å². The van der Waals surface area contributed by atoms with Crippen LogP contribution in [-0.4, -0.2) is 10.00 Å². The van der Waals surface area contributed by atoms with E-state index in [9.17, 15) is 9.67 Å². The van der Waals surface area contributed by atoms with Gasteiger partial charge in [-0.25, -0.2) is 0 Å². The van der Waals surface area contributed by atoms with E-state index in [1.807, 2.05) is 20.8 Å². The van der Waals surface area contributed by atoms with Crippen molar-refractivity contribution in [3.63, 3.8) is 0 Å². The van der Waals surface area contributed by atoms with E-state index in [4.69, 9.17) is 4.89 Å². The topological polar surface area (TPSA) is 66.8 Å². The molecule has 4 nitrogen and oxygen atoms in total. The van der Waals surface area contributed by atoms with Crippen LogP contribution in [0.25, 0.3) is 0 Å². The van der Waals surface area contributed by atoms with Crippen molar-refractivity contribution in [3.05, 3.63) is 28.8 Å². The van der Waals surface area contributed by atoms with Crippen molar-refractivity contribution in [2.45, 2.75) is 39.7 Å². The van der Waals surface area contributed by atoms with Crippen molar-refractivity contribution in [1.29, 1.82) is 0 Å². The summed E-state index contributed by atoms with van der Waals surface area (Å²) in [5.41, 5.74) is 2.14. The highest BCUT2D eigenvalue weighted by atomic mass is 31.1. The van der Waals surface area contributed by atoms with Crippen molar-refractivity contribution in [2.75, 3.05) is 0 Å². The Bertz CT molecular complexity index is 435. The zero-order chi connectivity index (χ0) is 13.2. The van der Waals surface area contributed by atoms with Crippen LogP contribution in [0.2, 0.25) is 0 Å². The Morgan fingerprint density at radius 3 is 2.41 bits per heavy atom. The van der Waals surface area contributed by atoms with Crippen molar-refractivity contribution < 1.29 is 19.1 Å². The average Bonchev–Trinajstić information content (AvgIpc) is 2.17. The molecule has 0 heterocycles. The summed E-state index contributed by atoms with van der Waals surface area (Å²) in [6.45, 7) is 7.86. The van der Waals surface area contributed by atoms with Gasteiger partial charge in [0.2, 0.25) is 0 Å². The summed E-state index contributed by atoms with van der Waals surface area (Å²) in [5.74, 6) is 0.273. The average molecular weight is 257 g/mol. The predicted molar refractivity (Wildman–Crippen MR) is 66.2 cm³/mol. The van der Waals surface area contributed by atoms with Gasteiger partial charge in [0.05, 0.1) is 0 Å². The number of rotatable bonds is 3. The maximum absolute atomic E-state index is 10.5. The van der Waals surface area contributed by atoms with Gasteiger partial charge in [-0.05, 0) is 41.2 Å². The second-order valence-electron chi connectivity index (χ2n) is 5.07. The van der Waals surface area contributed by atoms with Crippen LogP contribution in [0.1, 0.15) is 37.5 Å². The van der Waals surface area contributed by atoms with Gasteiger partial charge in [-0.2, -0.15) is 0 Å². The summed E-state index contributed by atoms with van der Waals surface area (Å²) in [6, 6.07) is 3.56. The summed E-state index contributed by atoms with van der Waals surface area (Å²) < 4.78 is 15.2. The quantitative estimate of drug-likeness (QED) is 0.816. The monoisotopic (exact) mass is 257 g/mol. The number of hydrogen-bond donors (Lipinski definition) is 2. The van der Waals surface area contributed by atoms with Crippen LogP contribution in [0, 0.1) is 6.92 Å². The first-order chi connectivity index (χ1) is 7.71. The SMILES string of the molecule is Cc1cc(CO[P+](=O)O)cc(C(C)(C)C)c1O. The second-order valence-corrected chi connectivity index (χ2v) is 5.80. The lowest BCUT2D eigenvalue weighted by atomic mass is 9.84. The maximum atomic E-state index is 10.5. The zero-order valence-electron chi connectivity index (χ0n) is 10.5. The Morgan fingerprint density at radius 2 is 1.94 bits per heavy atom. The van der Waals surface area contributed by atoms with Gasteiger partial charge in [-0.15, -0.1) is 9.42 Å². The summed E-state index contributed by atoms with van der Waals surface area (Å²) in [7, 11) is -2.59. The molecule has 0 amide bonds. The first kappa shape index (κ1) is 14.1. The third kappa shape index (κ3) is 3.77. The molecule has 2 N–H and O–H groups in total. The van der Waals surface area contributed by atoms with Gasteiger partial charge in [0.25, 0.3) is 0 Å². The minimum atomic E-state index is -2.59. The molecule has 0 saturated carbocycles. The molecule has 1 aromatic carbocycles. The highest BCUT2D eigenvalue weighted by Crippen LogP contribution is 2.34. The molecule has 0 bridgehead atoms. The molecule has 5 heteroatoms. The Balaban J connectivity index is 3.11. The van der Waals surface area contributed by atoms with Crippen LogP contribution in [0.4, 0.5) is 0 Å². The normalized spacial score (nSPS) is 12.6. The molecule has 1 unspecified atom stereocenters. The van der Waals surface area contributed by atoms with E-state index in [-0.39, 0.29) is 17.8 Å². The lowest BCUT2D eigenvalue weighted by molar-refractivity contribution is 0.272. The molecule has 1 atom stereocenters. The van der Waals surface area contributed by atoms with Crippen molar-refractivity contribution in [2.24, 2.45) is 0 Å². The molecule has 94 valence electrons. The van der Waals surface area contributed by atoms with Crippen molar-refractivity contribution >= 4 is 8.25 Å². The highest BCUT2D eigenvalue weighted by Gasteiger charge is 2.21. The number of aryl methyl sites for hydroxylation is 1. The van der Waals surface area contributed by atoms with E-state index in [1.54, 1.807) is 19.1 Å². The molecule has 0 saturated heterocycles. The van der Waals surface area contributed by atoms with Gasteiger partial charge < -0.3 is 5.11 Å². The molecule has 1 aromatic rings. The smallest absolute Gasteiger partial charge is 0.507 e. The van der Waals surface area contributed by atoms with Gasteiger partial charge in [0.15, 0.2) is 0 Å². The van der Waals surface area contributed by atoms with Gasteiger partial charge in [0.1, 0.15) is 12.4 Å². The number of benzene rings is 1. The van der Waals surface area contributed by atoms with Crippen LogP contribution < -0.4 is 0 Å². The van der Waals surface area contributed by atoms with E-state index < -0.39 is 8.25 Å². The summed E-state index contributed by atoms with van der Waals surface area (Å²) in [4.78, 5) is 8.60. The van der Waals surface area contributed by atoms with Crippen LogP contribution in [0.15, 0.2) is 12.1 Å². The van der Waals surface area contributed by atoms with Crippen LogP contribution in [0.3, 0.4) is 0 Å². The maximum Gasteiger partial charge on any atom is 0.695 e. The largest absolute Gasteiger partial charge is 0.695 e. The fourth-order valence-electron chi connectivity index (χ4n) is 1.64. The van der Waals surface area contributed by atoms with Gasteiger partial charge in [-0.3, -0.25) is 0 Å². The Kier molecular flexibility index (Phi) is 4.26. The Hall–Kier alpha value is -0.960. The molecule has 0 aliphatic heterocycles. The van der Waals surface area contributed by atoms with Crippen LogP contribution in [-0.2, 0) is 21.1 Å². The van der Waals surface area contributed by atoms with Gasteiger partial charge >= 0.3 is 8.25 Å². The number of phenols is 1. The third-order valence-electron chi connectivity index (χ3n) is 2.51. The fraction of sp³-hybridized carbons (Fsp3) is 0.500. The molecule has 1 rings (SSSR count). The van der Waals surface area contributed by atoms with Gasteiger partial charge in [-0.1, -0.05) is 20.8 Å². The second kappa shape index (κ2) is 5.13. The minimum absolute atomic E-state index is 0.0654. The zero-order valence-corrected chi connectivity index (χ0v) is 11.4. The first-order valence-corrected chi connectivity index (χ1v) is 6.47. The van der Waals surface area contributed by atoms with Crippen LogP contribution in [0.5, 0.6) is 5.75 Å². The molecule has 0 fully saturated rings. The molecular formula is C12H18O4P+. The molecule has 0 aliphatic rings. The minimum Gasteiger partial charge on any atom is -0.507 e. The molecule has 0 radical (unpaired) electrons. The van der Waals surface area contributed by atoms with E-state index in [2.05, 4.69) is 4.52 Å². The van der Waals surface area contributed by atoms with E-state index in [1.165, 1.54) is 0 Å². The molecule has 0 spiro atoms. The first-order valence-electron chi connectivity index (χ1n) is 5.34. The van der Waals surface area contributed by atoms with Crippen LogP contribution >= 0.6 is 8.25 Å². The molecule has 0 aliphatic carbocycles. The standard InChI is InChI=1S/C12H17O4P/c1-8-5-9(7-16-17(14)15)6-10(11(8)13)12(2,3)4/h5-6H,7H2,1-4H3,(H-,13,14,15)/p+1. The van der Waals surface area contributed by atoms with Crippen molar-refractivity contribution in [1.82, 2.24) is 0 Å². The van der Waals surface area contributed by atoms with E-state index in [0.717, 1.165) is 16.7 Å². The molecule has 17 heavy (non-hydrogen) atoms.